The van der Waals surface area contributed by atoms with Crippen molar-refractivity contribution >= 4 is 29.1 Å². The number of hydrogen-bond donors (Lipinski definition) is 1. The van der Waals surface area contributed by atoms with Crippen LogP contribution in [0.15, 0.2) is 0 Å². The van der Waals surface area contributed by atoms with Crippen molar-refractivity contribution in [2.75, 3.05) is 0 Å². The van der Waals surface area contributed by atoms with Crippen LogP contribution in [-0.2, 0) is 9.53 Å². The van der Waals surface area contributed by atoms with Crippen LogP contribution >= 0.6 is 11.6 Å². The second-order valence-corrected chi connectivity index (χ2v) is 10.3. The van der Waals surface area contributed by atoms with Crippen molar-refractivity contribution < 1.29 is 19.1 Å². The zero-order valence-corrected chi connectivity index (χ0v) is 17.7. The van der Waals surface area contributed by atoms with E-state index in [1.54, 1.807) is 20.8 Å². The second-order valence-electron chi connectivity index (χ2n) is 9.49. The maximum absolute atomic E-state index is 13.2. The molecule has 152 valence electrons. The van der Waals surface area contributed by atoms with Crippen LogP contribution in [-0.4, -0.2) is 33.5 Å². The van der Waals surface area contributed by atoms with E-state index >= 15 is 0 Å². The molecule has 0 aliphatic heterocycles. The molecule has 28 heavy (non-hydrogen) atoms. The molecular formula is C22H28ClNO4. The van der Waals surface area contributed by atoms with Crippen LogP contribution < -0.4 is 0 Å². The van der Waals surface area contributed by atoms with Crippen molar-refractivity contribution in [3.05, 3.63) is 22.5 Å². The summed E-state index contributed by atoms with van der Waals surface area (Å²) in [4.78, 5) is 40.6. The van der Waals surface area contributed by atoms with Crippen LogP contribution in [0.2, 0.25) is 0 Å². The van der Waals surface area contributed by atoms with E-state index in [9.17, 15) is 14.4 Å². The molecule has 1 aromatic heterocycles. The second kappa shape index (κ2) is 6.45. The van der Waals surface area contributed by atoms with Crippen LogP contribution in [0.25, 0.3) is 0 Å². The third-order valence-corrected chi connectivity index (χ3v) is 7.55. The number of aromatic nitrogens is 1. The highest BCUT2D eigenvalue weighted by Gasteiger charge is 2.61. The summed E-state index contributed by atoms with van der Waals surface area (Å²) in [6, 6.07) is 0. The molecular weight excluding hydrogens is 378 g/mol. The van der Waals surface area contributed by atoms with Crippen molar-refractivity contribution in [3.8, 4) is 0 Å². The van der Waals surface area contributed by atoms with Gasteiger partial charge in [-0.3, -0.25) is 14.4 Å². The summed E-state index contributed by atoms with van der Waals surface area (Å²) in [5, 5.41) is 0. The average molecular weight is 406 g/mol. The van der Waals surface area contributed by atoms with Crippen molar-refractivity contribution in [2.24, 2.45) is 17.3 Å². The highest BCUT2D eigenvalue weighted by molar-refractivity contribution is 6.24. The summed E-state index contributed by atoms with van der Waals surface area (Å²) in [6.45, 7) is 6.61. The Balaban J connectivity index is 1.52. The summed E-state index contributed by atoms with van der Waals surface area (Å²) in [5.74, 6) is 0.315. The monoisotopic (exact) mass is 405 g/mol. The van der Waals surface area contributed by atoms with Gasteiger partial charge >= 0.3 is 5.97 Å². The van der Waals surface area contributed by atoms with Crippen molar-refractivity contribution in [2.45, 2.75) is 77.2 Å². The molecule has 0 saturated heterocycles. The summed E-state index contributed by atoms with van der Waals surface area (Å²) < 4.78 is 5.71. The topological polar surface area (TPSA) is 76.2 Å². The predicted molar refractivity (Wildman–Crippen MR) is 106 cm³/mol. The molecule has 4 aliphatic carbocycles. The van der Waals surface area contributed by atoms with Crippen LogP contribution in [0.4, 0.5) is 0 Å². The van der Waals surface area contributed by atoms with Gasteiger partial charge in [-0.25, -0.2) is 0 Å². The molecule has 0 aromatic carbocycles. The lowest BCUT2D eigenvalue weighted by atomic mass is 9.49. The van der Waals surface area contributed by atoms with E-state index in [0.717, 1.165) is 32.1 Å². The van der Waals surface area contributed by atoms with Crippen LogP contribution in [0.1, 0.15) is 84.5 Å². The standard InChI is InChI=1S/C22H28ClNO4/c1-11-17(13(3)25)12(2)24-18(11)19(26)14(4)28-20(27)21-6-15-5-16(7-21)9-22(23,8-15)10-21/h14-16,24H,5-10H2,1-4H3/t14-,15-,16+,21?,22?/m1/s1. The fraction of sp³-hybridized carbons (Fsp3) is 0.682. The van der Waals surface area contributed by atoms with Crippen molar-refractivity contribution in [1.29, 1.82) is 0 Å². The first-order valence-corrected chi connectivity index (χ1v) is 10.6. The third-order valence-electron chi connectivity index (χ3n) is 7.11. The van der Waals surface area contributed by atoms with Gasteiger partial charge in [0.15, 0.2) is 11.9 Å². The molecule has 0 radical (unpaired) electrons. The summed E-state index contributed by atoms with van der Waals surface area (Å²) in [5.41, 5.74) is 1.63. The summed E-state index contributed by atoms with van der Waals surface area (Å²) in [7, 11) is 0. The molecule has 2 unspecified atom stereocenters. The van der Waals surface area contributed by atoms with Crippen molar-refractivity contribution in [3.63, 3.8) is 0 Å². The van der Waals surface area contributed by atoms with Gasteiger partial charge < -0.3 is 9.72 Å². The number of aromatic amines is 1. The Hall–Kier alpha value is -1.62. The molecule has 4 aliphatic rings. The van der Waals surface area contributed by atoms with Gasteiger partial charge in [-0.15, -0.1) is 11.6 Å². The molecule has 4 saturated carbocycles. The first-order valence-electron chi connectivity index (χ1n) is 10.2. The Kier molecular flexibility index (Phi) is 4.53. The molecule has 5 rings (SSSR count). The smallest absolute Gasteiger partial charge is 0.312 e. The molecule has 0 amide bonds. The summed E-state index contributed by atoms with van der Waals surface area (Å²) in [6.07, 6.45) is 4.55. The molecule has 5 atom stereocenters. The van der Waals surface area contributed by atoms with E-state index < -0.39 is 11.5 Å². The van der Waals surface area contributed by atoms with E-state index in [2.05, 4.69) is 4.98 Å². The number of H-pyrrole nitrogens is 1. The number of rotatable bonds is 5. The van der Waals surface area contributed by atoms with Gasteiger partial charge in [0.2, 0.25) is 5.78 Å². The van der Waals surface area contributed by atoms with E-state index in [-0.39, 0.29) is 22.4 Å². The fourth-order valence-corrected chi connectivity index (χ4v) is 7.15. The number of aryl methyl sites for hydroxylation is 1. The largest absolute Gasteiger partial charge is 0.454 e. The molecule has 6 heteroatoms. The van der Waals surface area contributed by atoms with E-state index in [1.165, 1.54) is 6.92 Å². The highest BCUT2D eigenvalue weighted by Crippen LogP contribution is 2.64. The lowest BCUT2D eigenvalue weighted by Gasteiger charge is -2.58. The fourth-order valence-electron chi connectivity index (χ4n) is 6.46. The number of ether oxygens (including phenoxy) is 1. The van der Waals surface area contributed by atoms with Gasteiger partial charge in [-0.1, -0.05) is 0 Å². The number of ketones is 2. The van der Waals surface area contributed by atoms with Crippen LogP contribution in [0, 0.1) is 31.1 Å². The predicted octanol–water partition coefficient (Wildman–Crippen LogP) is 4.53. The number of nitrogens with one attached hydrogen (secondary N) is 1. The number of carbonyl (C=O) groups excluding carboxylic acids is 3. The van der Waals surface area contributed by atoms with Gasteiger partial charge in [-0.2, -0.15) is 0 Å². The Labute approximate surface area is 170 Å². The maximum Gasteiger partial charge on any atom is 0.312 e. The van der Waals surface area contributed by atoms with E-state index in [4.69, 9.17) is 16.3 Å². The van der Waals surface area contributed by atoms with Crippen molar-refractivity contribution in [1.82, 2.24) is 4.98 Å². The Morgan fingerprint density at radius 3 is 2.25 bits per heavy atom. The number of alkyl halides is 1. The zero-order valence-electron chi connectivity index (χ0n) is 17.0. The lowest BCUT2D eigenvalue weighted by Crippen LogP contribution is -2.56. The Bertz CT molecular complexity index is 856. The van der Waals surface area contributed by atoms with Gasteiger partial charge in [0.05, 0.1) is 11.1 Å². The van der Waals surface area contributed by atoms with Gasteiger partial charge in [-0.05, 0) is 83.6 Å². The quantitative estimate of drug-likeness (QED) is 0.443. The van der Waals surface area contributed by atoms with E-state index in [0.29, 0.717) is 40.8 Å². The van der Waals surface area contributed by atoms with Crippen LogP contribution in [0.5, 0.6) is 0 Å². The molecule has 5 nitrogen and oxygen atoms in total. The number of Topliss-reactive ketones (excluding diaryl/α,β-unsaturated/α-hetero) is 2. The minimum Gasteiger partial charge on any atom is -0.454 e. The number of hydrogen-bond acceptors (Lipinski definition) is 4. The SMILES string of the molecule is CC(=O)c1c(C)[nH]c(C(=O)[C@@H](C)OC(=O)C23C[C@@H]4C[C@@H](CC(Cl)(C4)C2)C3)c1C. The minimum absolute atomic E-state index is 0.0871. The number of carbonyl (C=O) groups is 3. The Morgan fingerprint density at radius 1 is 1.14 bits per heavy atom. The molecule has 0 spiro atoms. The molecule has 4 bridgehead atoms. The highest BCUT2D eigenvalue weighted by atomic mass is 35.5. The summed E-state index contributed by atoms with van der Waals surface area (Å²) >= 11 is 6.82. The molecule has 1 aromatic rings. The van der Waals surface area contributed by atoms with E-state index in [1.807, 2.05) is 0 Å². The minimum atomic E-state index is -0.900. The first-order chi connectivity index (χ1) is 13.0. The molecule has 1 N–H and O–H groups in total. The normalized spacial score (nSPS) is 34.3. The van der Waals surface area contributed by atoms with Gasteiger partial charge in [0.25, 0.3) is 0 Å². The van der Waals surface area contributed by atoms with Gasteiger partial charge in [0, 0.05) is 16.1 Å². The maximum atomic E-state index is 13.2. The Morgan fingerprint density at radius 2 is 1.75 bits per heavy atom. The first kappa shape index (κ1) is 19.7. The number of halogens is 1. The average Bonchev–Trinajstić information content (AvgIpc) is 2.86. The third kappa shape index (κ3) is 3.02. The molecule has 1 heterocycles. The van der Waals surface area contributed by atoms with Crippen LogP contribution in [0.3, 0.4) is 0 Å². The number of esters is 1. The van der Waals surface area contributed by atoms with Gasteiger partial charge in [0.1, 0.15) is 0 Å². The lowest BCUT2D eigenvalue weighted by molar-refractivity contribution is -0.172. The molecule has 4 fully saturated rings. The zero-order chi connectivity index (χ0) is 20.4.